The van der Waals surface area contributed by atoms with Crippen molar-refractivity contribution >= 4 is 5.97 Å². The zero-order valence-corrected chi connectivity index (χ0v) is 11.9. The van der Waals surface area contributed by atoms with Crippen LogP contribution in [0.2, 0.25) is 0 Å². The summed E-state index contributed by atoms with van der Waals surface area (Å²) in [5, 5.41) is 9.13. The summed E-state index contributed by atoms with van der Waals surface area (Å²) in [6.07, 6.45) is -2.63. The Hall–Kier alpha value is -1.85. The van der Waals surface area contributed by atoms with Crippen LogP contribution >= 0.6 is 0 Å². The van der Waals surface area contributed by atoms with Gasteiger partial charge in [0.15, 0.2) is 0 Å². The van der Waals surface area contributed by atoms with Crippen LogP contribution in [0.1, 0.15) is 31.4 Å². The molecule has 1 N–H and O–H groups in total. The monoisotopic (exact) mass is 288 g/mol. The van der Waals surface area contributed by atoms with Gasteiger partial charge in [-0.2, -0.15) is 0 Å². The minimum absolute atomic E-state index is 0.0220. The van der Waals surface area contributed by atoms with Gasteiger partial charge in [-0.05, 0) is 31.9 Å². The van der Waals surface area contributed by atoms with Crippen LogP contribution in [0.3, 0.4) is 0 Å². The summed E-state index contributed by atoms with van der Waals surface area (Å²) in [4.78, 5) is 11.2. The van der Waals surface area contributed by atoms with Crippen molar-refractivity contribution < 1.29 is 28.2 Å². The molecule has 20 heavy (non-hydrogen) atoms. The topological polar surface area (TPSA) is 55.8 Å². The average Bonchev–Trinajstić information content (AvgIpc) is 2.37. The molecule has 0 saturated heterocycles. The third-order valence-electron chi connectivity index (χ3n) is 3.08. The van der Waals surface area contributed by atoms with Crippen LogP contribution in [0, 0.1) is 5.41 Å². The molecular formula is C14H18F2O4. The predicted molar refractivity (Wildman–Crippen MR) is 69.6 cm³/mol. The first kappa shape index (κ1) is 16.2. The van der Waals surface area contributed by atoms with Gasteiger partial charge in [0.25, 0.3) is 6.43 Å². The molecule has 0 aliphatic rings. The lowest BCUT2D eigenvalue weighted by atomic mass is 9.85. The predicted octanol–water partition coefficient (Wildman–Crippen LogP) is 3.29. The first-order valence-electron chi connectivity index (χ1n) is 5.99. The fraction of sp³-hybridized carbons (Fsp3) is 0.500. The highest BCUT2D eigenvalue weighted by Crippen LogP contribution is 2.37. The number of halogens is 2. The van der Waals surface area contributed by atoms with Crippen molar-refractivity contribution in [2.45, 2.75) is 26.7 Å². The summed E-state index contributed by atoms with van der Waals surface area (Å²) in [6, 6.07) is 2.60. The van der Waals surface area contributed by atoms with E-state index in [0.29, 0.717) is 11.3 Å². The number of carboxylic acids is 1. The Morgan fingerprint density at radius 2 is 1.80 bits per heavy atom. The summed E-state index contributed by atoms with van der Waals surface area (Å²) < 4.78 is 36.0. The Morgan fingerprint density at radius 3 is 2.20 bits per heavy atom. The van der Waals surface area contributed by atoms with E-state index in [4.69, 9.17) is 14.6 Å². The molecule has 1 aromatic rings. The number of benzene rings is 1. The Balaban J connectivity index is 3.31. The maximum atomic E-state index is 13.0. The van der Waals surface area contributed by atoms with Gasteiger partial charge in [0.2, 0.25) is 0 Å². The fourth-order valence-electron chi connectivity index (χ4n) is 1.85. The summed E-state index contributed by atoms with van der Waals surface area (Å²) in [5.74, 6) is -0.650. The summed E-state index contributed by atoms with van der Waals surface area (Å²) in [7, 11) is 2.69. The van der Waals surface area contributed by atoms with Crippen molar-refractivity contribution in [1.82, 2.24) is 0 Å². The van der Waals surface area contributed by atoms with Crippen LogP contribution in [-0.2, 0) is 11.2 Å². The summed E-state index contributed by atoms with van der Waals surface area (Å²) in [6.45, 7) is 3.06. The Labute approximate surface area is 116 Å². The molecule has 0 spiro atoms. The van der Waals surface area contributed by atoms with Gasteiger partial charge in [-0.1, -0.05) is 0 Å². The van der Waals surface area contributed by atoms with Crippen molar-refractivity contribution in [3.8, 4) is 11.5 Å². The number of carboxylic acid groups (broad SMARTS) is 1. The second-order valence-electron chi connectivity index (χ2n) is 5.07. The standard InChI is InChI=1S/C14H18F2O4/c1-14(2,13(17)18)7-8-5-9(12(15)16)11(20-4)6-10(8)19-3/h5-6,12H,7H2,1-4H3,(H,17,18). The highest BCUT2D eigenvalue weighted by molar-refractivity contribution is 5.74. The smallest absolute Gasteiger partial charge is 0.309 e. The van der Waals surface area contributed by atoms with E-state index in [-0.39, 0.29) is 17.7 Å². The quantitative estimate of drug-likeness (QED) is 0.872. The minimum atomic E-state index is -2.71. The molecule has 0 amide bonds. The molecule has 6 heteroatoms. The van der Waals surface area contributed by atoms with E-state index in [1.807, 2.05) is 0 Å². The molecule has 0 fully saturated rings. The number of carbonyl (C=O) groups is 1. The molecule has 0 radical (unpaired) electrons. The number of alkyl halides is 2. The van der Waals surface area contributed by atoms with Gasteiger partial charge in [0.05, 0.1) is 25.2 Å². The van der Waals surface area contributed by atoms with Crippen molar-refractivity contribution in [2.75, 3.05) is 14.2 Å². The molecule has 0 unspecified atom stereocenters. The Bertz CT molecular complexity index is 498. The van der Waals surface area contributed by atoms with Crippen molar-refractivity contribution in [2.24, 2.45) is 5.41 Å². The molecule has 0 aliphatic heterocycles. The summed E-state index contributed by atoms with van der Waals surface area (Å²) >= 11 is 0. The van der Waals surface area contributed by atoms with Gasteiger partial charge in [0.1, 0.15) is 11.5 Å². The number of hydrogen-bond acceptors (Lipinski definition) is 3. The van der Waals surface area contributed by atoms with E-state index in [9.17, 15) is 13.6 Å². The molecule has 0 bridgehead atoms. The van der Waals surface area contributed by atoms with E-state index in [0.717, 1.165) is 0 Å². The van der Waals surface area contributed by atoms with E-state index in [2.05, 4.69) is 0 Å². The van der Waals surface area contributed by atoms with Crippen molar-refractivity contribution in [3.05, 3.63) is 23.3 Å². The third kappa shape index (κ3) is 3.37. The number of aliphatic carboxylic acids is 1. The Morgan fingerprint density at radius 1 is 1.25 bits per heavy atom. The van der Waals surface area contributed by atoms with Crippen LogP contribution in [0.15, 0.2) is 12.1 Å². The molecule has 0 aliphatic carbocycles. The van der Waals surface area contributed by atoms with Crippen molar-refractivity contribution in [1.29, 1.82) is 0 Å². The summed E-state index contributed by atoms with van der Waals surface area (Å²) in [5.41, 5.74) is -0.943. The normalized spacial score (nSPS) is 11.6. The zero-order valence-electron chi connectivity index (χ0n) is 11.9. The third-order valence-corrected chi connectivity index (χ3v) is 3.08. The van der Waals surface area contributed by atoms with Gasteiger partial charge in [-0.3, -0.25) is 4.79 Å². The fourth-order valence-corrected chi connectivity index (χ4v) is 1.85. The van der Waals surface area contributed by atoms with Gasteiger partial charge >= 0.3 is 5.97 Å². The molecular weight excluding hydrogens is 270 g/mol. The van der Waals surface area contributed by atoms with E-state index in [1.54, 1.807) is 0 Å². The molecule has 0 atom stereocenters. The zero-order chi connectivity index (χ0) is 15.5. The van der Waals surface area contributed by atoms with Crippen LogP contribution in [0.4, 0.5) is 8.78 Å². The molecule has 112 valence electrons. The van der Waals surface area contributed by atoms with E-state index < -0.39 is 17.8 Å². The van der Waals surface area contributed by atoms with Gasteiger partial charge in [-0.25, -0.2) is 8.78 Å². The van der Waals surface area contributed by atoms with E-state index in [1.165, 1.54) is 40.2 Å². The molecule has 1 aromatic carbocycles. The minimum Gasteiger partial charge on any atom is -0.496 e. The second kappa shape index (κ2) is 6.07. The van der Waals surface area contributed by atoms with Crippen LogP contribution in [0.5, 0.6) is 11.5 Å². The lowest BCUT2D eigenvalue weighted by Crippen LogP contribution is -2.26. The van der Waals surface area contributed by atoms with Gasteiger partial charge in [-0.15, -0.1) is 0 Å². The highest BCUT2D eigenvalue weighted by Gasteiger charge is 2.30. The molecule has 0 saturated carbocycles. The SMILES string of the molecule is COc1cc(OC)c(C(F)F)cc1CC(C)(C)C(=O)O. The highest BCUT2D eigenvalue weighted by atomic mass is 19.3. The second-order valence-corrected chi connectivity index (χ2v) is 5.07. The number of ether oxygens (including phenoxy) is 2. The molecule has 1 rings (SSSR count). The first-order chi connectivity index (χ1) is 9.22. The van der Waals surface area contributed by atoms with Crippen LogP contribution < -0.4 is 9.47 Å². The molecule has 4 nitrogen and oxygen atoms in total. The Kier molecular flexibility index (Phi) is 4.92. The molecule has 0 heterocycles. The first-order valence-corrected chi connectivity index (χ1v) is 5.99. The lowest BCUT2D eigenvalue weighted by molar-refractivity contribution is -0.146. The largest absolute Gasteiger partial charge is 0.496 e. The van der Waals surface area contributed by atoms with Gasteiger partial charge in [0, 0.05) is 6.07 Å². The maximum Gasteiger partial charge on any atom is 0.309 e. The maximum absolute atomic E-state index is 13.0. The van der Waals surface area contributed by atoms with E-state index >= 15 is 0 Å². The number of methoxy groups -OCH3 is 2. The van der Waals surface area contributed by atoms with Crippen LogP contribution in [-0.4, -0.2) is 25.3 Å². The lowest BCUT2D eigenvalue weighted by Gasteiger charge is -2.22. The number of rotatable bonds is 6. The average molecular weight is 288 g/mol. The van der Waals surface area contributed by atoms with Crippen LogP contribution in [0.25, 0.3) is 0 Å². The molecule has 0 aromatic heterocycles. The number of hydrogen-bond donors (Lipinski definition) is 1. The van der Waals surface area contributed by atoms with Crippen molar-refractivity contribution in [3.63, 3.8) is 0 Å². The van der Waals surface area contributed by atoms with Gasteiger partial charge < -0.3 is 14.6 Å².